The predicted molar refractivity (Wildman–Crippen MR) is 98.9 cm³/mol. The lowest BCUT2D eigenvalue weighted by Gasteiger charge is -2.19. The molecule has 0 saturated heterocycles. The number of hydrogen-bond donors (Lipinski definition) is 1. The van der Waals surface area contributed by atoms with Crippen molar-refractivity contribution >= 4 is 30.0 Å². The molecule has 5 nitrogen and oxygen atoms in total. The van der Waals surface area contributed by atoms with Gasteiger partial charge in [-0.25, -0.2) is 0 Å². The van der Waals surface area contributed by atoms with Gasteiger partial charge in [0.2, 0.25) is 4.77 Å². The number of aromatic nitrogens is 3. The van der Waals surface area contributed by atoms with E-state index in [0.717, 1.165) is 24.2 Å². The largest absolute Gasteiger partial charge is 0.492 e. The highest BCUT2D eigenvalue weighted by molar-refractivity contribution is 7.71. The number of H-pyrrole nitrogens is 1. The van der Waals surface area contributed by atoms with Crippen molar-refractivity contribution in [2.75, 3.05) is 6.61 Å². The fraction of sp³-hybridized carbons (Fsp3) is 0.471. The van der Waals surface area contributed by atoms with Crippen LogP contribution in [0, 0.1) is 4.77 Å². The lowest BCUT2D eigenvalue weighted by molar-refractivity contribution is 0.340. The Morgan fingerprint density at radius 2 is 2.21 bits per heavy atom. The SMILES string of the molecule is CCOc1ccc(/C=N\n2c(C3CCCCC3)n[nH]c2=S)cc1Cl. The molecular formula is C17H21ClN4OS. The molecule has 24 heavy (non-hydrogen) atoms. The van der Waals surface area contributed by atoms with Crippen LogP contribution >= 0.6 is 23.8 Å². The fourth-order valence-electron chi connectivity index (χ4n) is 3.03. The van der Waals surface area contributed by atoms with Crippen LogP contribution in [0.4, 0.5) is 0 Å². The topological polar surface area (TPSA) is 55.2 Å². The summed E-state index contributed by atoms with van der Waals surface area (Å²) in [5.41, 5.74) is 0.890. The number of nitrogens with one attached hydrogen (secondary N) is 1. The van der Waals surface area contributed by atoms with Crippen LogP contribution in [0.25, 0.3) is 0 Å². The molecule has 3 rings (SSSR count). The first-order chi connectivity index (χ1) is 11.7. The molecule has 0 amide bonds. The van der Waals surface area contributed by atoms with Crippen LogP contribution in [-0.2, 0) is 0 Å². The Hall–Kier alpha value is -1.66. The van der Waals surface area contributed by atoms with Gasteiger partial charge in [-0.2, -0.15) is 14.9 Å². The third-order valence-corrected chi connectivity index (χ3v) is 4.78. The van der Waals surface area contributed by atoms with Gasteiger partial charge in [-0.15, -0.1) is 0 Å². The van der Waals surface area contributed by atoms with E-state index in [0.29, 0.717) is 28.1 Å². The lowest BCUT2D eigenvalue weighted by Crippen LogP contribution is -2.10. The van der Waals surface area contributed by atoms with E-state index in [1.165, 1.54) is 19.3 Å². The van der Waals surface area contributed by atoms with Gasteiger partial charge in [-0.1, -0.05) is 30.9 Å². The number of halogens is 1. The first-order valence-electron chi connectivity index (χ1n) is 8.33. The third kappa shape index (κ3) is 3.87. The molecule has 0 spiro atoms. The van der Waals surface area contributed by atoms with Crippen LogP contribution in [0.5, 0.6) is 5.75 Å². The number of ether oxygens (including phenoxy) is 1. The molecule has 1 aromatic heterocycles. The van der Waals surface area contributed by atoms with Crippen LogP contribution in [0.3, 0.4) is 0 Å². The first kappa shape index (κ1) is 17.2. The maximum Gasteiger partial charge on any atom is 0.216 e. The molecule has 0 atom stereocenters. The Morgan fingerprint density at radius 1 is 1.42 bits per heavy atom. The Morgan fingerprint density at radius 3 is 2.92 bits per heavy atom. The quantitative estimate of drug-likeness (QED) is 0.605. The minimum absolute atomic E-state index is 0.424. The van der Waals surface area contributed by atoms with Gasteiger partial charge in [0.05, 0.1) is 17.8 Å². The van der Waals surface area contributed by atoms with Crippen molar-refractivity contribution in [2.24, 2.45) is 5.10 Å². The minimum atomic E-state index is 0.424. The molecule has 0 radical (unpaired) electrons. The second-order valence-electron chi connectivity index (χ2n) is 5.90. The Kier molecular flexibility index (Phi) is 5.68. The van der Waals surface area contributed by atoms with Gasteiger partial charge < -0.3 is 4.74 Å². The van der Waals surface area contributed by atoms with Gasteiger partial charge in [0.25, 0.3) is 0 Å². The van der Waals surface area contributed by atoms with E-state index in [1.54, 1.807) is 10.9 Å². The van der Waals surface area contributed by atoms with Gasteiger partial charge in [-0.3, -0.25) is 5.10 Å². The van der Waals surface area contributed by atoms with Gasteiger partial charge in [0, 0.05) is 5.92 Å². The molecule has 7 heteroatoms. The normalized spacial score (nSPS) is 15.9. The van der Waals surface area contributed by atoms with Crippen LogP contribution in [0.1, 0.15) is 56.3 Å². The summed E-state index contributed by atoms with van der Waals surface area (Å²) in [5.74, 6) is 2.03. The summed E-state index contributed by atoms with van der Waals surface area (Å²) in [4.78, 5) is 0. The average Bonchev–Trinajstić information content (AvgIpc) is 2.97. The number of aromatic amines is 1. The van der Waals surface area contributed by atoms with Crippen molar-refractivity contribution in [1.29, 1.82) is 0 Å². The maximum absolute atomic E-state index is 6.22. The van der Waals surface area contributed by atoms with Gasteiger partial charge >= 0.3 is 0 Å². The number of hydrogen-bond acceptors (Lipinski definition) is 4. The molecule has 1 saturated carbocycles. The van der Waals surface area contributed by atoms with Gasteiger partial charge in [-0.05, 0) is 55.7 Å². The second-order valence-corrected chi connectivity index (χ2v) is 6.70. The van der Waals surface area contributed by atoms with Gasteiger partial charge in [0.15, 0.2) is 5.82 Å². The monoisotopic (exact) mass is 364 g/mol. The lowest BCUT2D eigenvalue weighted by atomic mass is 9.89. The molecule has 1 aliphatic carbocycles. The van der Waals surface area contributed by atoms with Crippen molar-refractivity contribution in [1.82, 2.24) is 14.9 Å². The van der Waals surface area contributed by atoms with Crippen molar-refractivity contribution in [3.8, 4) is 5.75 Å². The summed E-state index contributed by atoms with van der Waals surface area (Å²) in [7, 11) is 0. The van der Waals surface area contributed by atoms with E-state index in [-0.39, 0.29) is 0 Å². The number of rotatable bonds is 5. The molecule has 1 N–H and O–H groups in total. The molecular weight excluding hydrogens is 344 g/mol. The smallest absolute Gasteiger partial charge is 0.216 e. The van der Waals surface area contributed by atoms with E-state index < -0.39 is 0 Å². The van der Waals surface area contributed by atoms with Crippen LogP contribution in [0.15, 0.2) is 23.3 Å². The van der Waals surface area contributed by atoms with E-state index in [1.807, 2.05) is 25.1 Å². The van der Waals surface area contributed by atoms with E-state index in [2.05, 4.69) is 15.3 Å². The molecule has 1 heterocycles. The predicted octanol–water partition coefficient (Wildman–Crippen LogP) is 4.92. The fourth-order valence-corrected chi connectivity index (χ4v) is 3.46. The van der Waals surface area contributed by atoms with Gasteiger partial charge in [0.1, 0.15) is 5.75 Å². The minimum Gasteiger partial charge on any atom is -0.492 e. The third-order valence-electron chi connectivity index (χ3n) is 4.22. The zero-order valence-corrected chi connectivity index (χ0v) is 15.2. The first-order valence-corrected chi connectivity index (χ1v) is 9.11. The molecule has 2 aromatic rings. The van der Waals surface area contributed by atoms with E-state index in [4.69, 9.17) is 28.6 Å². The van der Waals surface area contributed by atoms with Crippen molar-refractivity contribution in [2.45, 2.75) is 44.9 Å². The summed E-state index contributed by atoms with van der Waals surface area (Å²) in [5, 5.41) is 12.4. The summed E-state index contributed by atoms with van der Waals surface area (Å²) in [6.07, 6.45) is 7.81. The second kappa shape index (κ2) is 7.94. The summed E-state index contributed by atoms with van der Waals surface area (Å²) >= 11 is 11.5. The van der Waals surface area contributed by atoms with Crippen molar-refractivity contribution < 1.29 is 4.74 Å². The van der Waals surface area contributed by atoms with E-state index in [9.17, 15) is 0 Å². The van der Waals surface area contributed by atoms with Crippen LogP contribution in [0.2, 0.25) is 5.02 Å². The molecule has 1 fully saturated rings. The molecule has 0 aliphatic heterocycles. The Balaban J connectivity index is 1.83. The highest BCUT2D eigenvalue weighted by Gasteiger charge is 2.21. The highest BCUT2D eigenvalue weighted by Crippen LogP contribution is 2.31. The summed E-state index contributed by atoms with van der Waals surface area (Å²) in [6.45, 7) is 2.52. The zero-order valence-electron chi connectivity index (χ0n) is 13.7. The van der Waals surface area contributed by atoms with Crippen molar-refractivity contribution in [3.05, 3.63) is 39.4 Å². The van der Waals surface area contributed by atoms with Crippen LogP contribution < -0.4 is 4.74 Å². The molecule has 1 aromatic carbocycles. The maximum atomic E-state index is 6.22. The Labute approximate surface area is 151 Å². The number of nitrogens with zero attached hydrogens (tertiary/aromatic N) is 3. The van der Waals surface area contributed by atoms with Crippen LogP contribution in [-0.4, -0.2) is 27.7 Å². The molecule has 0 bridgehead atoms. The summed E-state index contributed by atoms with van der Waals surface area (Å²) in [6, 6.07) is 5.61. The van der Waals surface area contributed by atoms with Crippen molar-refractivity contribution in [3.63, 3.8) is 0 Å². The highest BCUT2D eigenvalue weighted by atomic mass is 35.5. The summed E-state index contributed by atoms with van der Waals surface area (Å²) < 4.78 is 7.70. The Bertz CT molecular complexity index is 777. The van der Waals surface area contributed by atoms with E-state index >= 15 is 0 Å². The average molecular weight is 365 g/mol. The molecule has 0 unspecified atom stereocenters. The standard InChI is InChI=1S/C17H21ClN4OS/c1-2-23-15-9-8-12(10-14(15)18)11-19-22-16(20-21-17(22)24)13-6-4-3-5-7-13/h8-11,13H,2-7H2,1H3,(H,21,24)/b19-11-. The molecule has 1 aliphatic rings. The zero-order chi connectivity index (χ0) is 16.9. The number of benzene rings is 1. The molecule has 128 valence electrons.